The van der Waals surface area contributed by atoms with Crippen LogP contribution >= 0.6 is 0 Å². The summed E-state index contributed by atoms with van der Waals surface area (Å²) in [6.07, 6.45) is 4.45. The number of rotatable bonds is 12. The third-order valence-corrected chi connectivity index (χ3v) is 7.58. The van der Waals surface area contributed by atoms with Gasteiger partial charge in [0.25, 0.3) is 0 Å². The van der Waals surface area contributed by atoms with Crippen LogP contribution in [0.4, 0.5) is 17.6 Å². The zero-order chi connectivity index (χ0) is 27.9. The molecule has 4 N–H and O–H groups in total. The lowest BCUT2D eigenvalue weighted by Crippen LogP contribution is -2.44. The van der Waals surface area contributed by atoms with Gasteiger partial charge in [-0.05, 0) is 70.8 Å². The summed E-state index contributed by atoms with van der Waals surface area (Å²) in [6.45, 7) is 0. The second kappa shape index (κ2) is 12.7. The minimum Gasteiger partial charge on any atom is -0.325 e. The Morgan fingerprint density at radius 3 is 0.872 bits per heavy atom. The Labute approximate surface area is 228 Å². The Kier molecular flexibility index (Phi) is 9.31. The number of unbranched alkanes of at least 4 members (excludes halogenated alkanes) is 2. The molecule has 0 unspecified atom stereocenters. The van der Waals surface area contributed by atoms with Gasteiger partial charge in [0.15, 0.2) is 14.6 Å². The van der Waals surface area contributed by atoms with Gasteiger partial charge in [0, 0.05) is 10.9 Å². The van der Waals surface area contributed by atoms with Gasteiger partial charge in [0.1, 0.15) is 23.3 Å². The van der Waals surface area contributed by atoms with Gasteiger partial charge >= 0.3 is 0 Å². The van der Waals surface area contributed by atoms with Crippen molar-refractivity contribution in [2.75, 3.05) is 0 Å². The van der Waals surface area contributed by atoms with Crippen molar-refractivity contribution in [2.24, 2.45) is 11.5 Å². The second-order valence-electron chi connectivity index (χ2n) is 10.2. The molecule has 4 rings (SSSR count). The third-order valence-electron chi connectivity index (χ3n) is 7.58. The Bertz CT molecular complexity index is 1130. The van der Waals surface area contributed by atoms with E-state index in [0.717, 1.165) is 54.2 Å². The molecule has 0 atom stereocenters. The van der Waals surface area contributed by atoms with E-state index in [0.29, 0.717) is 14.6 Å². The highest BCUT2D eigenvalue weighted by Crippen LogP contribution is 2.30. The molecule has 200 valence electrons. The Balaban J connectivity index is 1.36. The molecule has 0 bridgehead atoms. The highest BCUT2D eigenvalue weighted by Gasteiger charge is 2.31. The van der Waals surface area contributed by atoms with Crippen LogP contribution < -0.4 is 11.5 Å². The summed E-state index contributed by atoms with van der Waals surface area (Å²) < 4.78 is 54.2. The van der Waals surface area contributed by atoms with Crippen molar-refractivity contribution in [3.63, 3.8) is 0 Å². The fourth-order valence-electron chi connectivity index (χ4n) is 5.24. The Hall–Kier alpha value is -3.35. The molecule has 0 saturated heterocycles. The van der Waals surface area contributed by atoms with Gasteiger partial charge in [-0.1, -0.05) is 80.4 Å². The molecular formula is C31H32B2F4N2. The summed E-state index contributed by atoms with van der Waals surface area (Å²) in [5.74, 6) is -1.34. The number of nitrogens with two attached hydrogens (primary N) is 2. The van der Waals surface area contributed by atoms with Crippen LogP contribution in [0.2, 0.25) is 12.6 Å². The Morgan fingerprint density at radius 2 is 0.641 bits per heavy atom. The van der Waals surface area contributed by atoms with E-state index in [1.165, 1.54) is 48.5 Å². The molecule has 0 radical (unpaired) electrons. The third kappa shape index (κ3) is 7.00. The molecule has 8 heteroatoms. The number of halogens is 4. The average molecular weight is 530 g/mol. The molecule has 0 aromatic heterocycles. The molecule has 0 heterocycles. The SMILES string of the molecule is NC(BCCCCCBC(N)(c1ccc(F)cc1)c1ccc(F)cc1)(c1ccc(F)cc1)c1ccc(F)cc1. The van der Waals surface area contributed by atoms with Gasteiger partial charge in [-0.15, -0.1) is 0 Å². The standard InChI is InChI=1S/C31H32B2F4N2/c34-26-12-4-22(5-13-26)30(38,23-6-14-27(35)15-7-23)32-20-2-1-3-21-33-31(39,24-8-16-28(36)17-9-24)25-10-18-29(37)19-11-25/h4-19,32-33H,1-3,20-21,38-39H2. The monoisotopic (exact) mass is 530 g/mol. The van der Waals surface area contributed by atoms with Crippen LogP contribution in [0.5, 0.6) is 0 Å². The highest BCUT2D eigenvalue weighted by molar-refractivity contribution is 6.41. The van der Waals surface area contributed by atoms with E-state index in [9.17, 15) is 17.6 Å². The normalized spacial score (nSPS) is 11.8. The summed E-state index contributed by atoms with van der Waals surface area (Å²) >= 11 is 0. The first-order chi connectivity index (χ1) is 18.7. The van der Waals surface area contributed by atoms with E-state index in [4.69, 9.17) is 11.5 Å². The fraction of sp³-hybridized carbons (Fsp3) is 0.226. The van der Waals surface area contributed by atoms with E-state index in [1.54, 1.807) is 48.5 Å². The second-order valence-corrected chi connectivity index (χ2v) is 10.2. The van der Waals surface area contributed by atoms with E-state index < -0.39 is 10.9 Å². The molecule has 0 spiro atoms. The molecule has 39 heavy (non-hydrogen) atoms. The predicted molar refractivity (Wildman–Crippen MR) is 153 cm³/mol. The van der Waals surface area contributed by atoms with E-state index >= 15 is 0 Å². The lowest BCUT2D eigenvalue weighted by Gasteiger charge is -2.31. The quantitative estimate of drug-likeness (QED) is 0.131. The van der Waals surface area contributed by atoms with Crippen LogP contribution in [-0.2, 0) is 10.9 Å². The summed E-state index contributed by atoms with van der Waals surface area (Å²) in [5, 5.41) is 0. The van der Waals surface area contributed by atoms with Gasteiger partial charge in [0.2, 0.25) is 0 Å². The largest absolute Gasteiger partial charge is 0.325 e. The van der Waals surface area contributed by atoms with Crippen molar-refractivity contribution in [3.8, 4) is 0 Å². The van der Waals surface area contributed by atoms with Gasteiger partial charge in [0.05, 0.1) is 0 Å². The molecule has 0 aliphatic heterocycles. The summed E-state index contributed by atoms with van der Waals surface area (Å²) in [5.41, 5.74) is 15.1. The Morgan fingerprint density at radius 1 is 0.410 bits per heavy atom. The predicted octanol–water partition coefficient (Wildman–Crippen LogP) is 6.14. The number of benzene rings is 4. The first kappa shape index (κ1) is 28.7. The lowest BCUT2D eigenvalue weighted by atomic mass is 9.49. The average Bonchev–Trinajstić information content (AvgIpc) is 2.93. The van der Waals surface area contributed by atoms with Crippen LogP contribution in [0.3, 0.4) is 0 Å². The smallest absolute Gasteiger partial charge is 0.157 e. The molecule has 0 amide bonds. The molecule has 4 aromatic rings. The fourth-order valence-corrected chi connectivity index (χ4v) is 5.24. The first-order valence-electron chi connectivity index (χ1n) is 13.3. The van der Waals surface area contributed by atoms with Gasteiger partial charge in [-0.3, -0.25) is 0 Å². The van der Waals surface area contributed by atoms with Crippen LogP contribution in [0.1, 0.15) is 41.5 Å². The topological polar surface area (TPSA) is 52.0 Å². The summed E-state index contributed by atoms with van der Waals surface area (Å²) in [6, 6.07) is 24.6. The van der Waals surface area contributed by atoms with Crippen molar-refractivity contribution in [3.05, 3.63) is 143 Å². The van der Waals surface area contributed by atoms with Crippen molar-refractivity contribution in [1.29, 1.82) is 0 Å². The van der Waals surface area contributed by atoms with Crippen molar-refractivity contribution in [2.45, 2.75) is 42.8 Å². The van der Waals surface area contributed by atoms with Crippen molar-refractivity contribution < 1.29 is 17.6 Å². The molecular weight excluding hydrogens is 498 g/mol. The van der Waals surface area contributed by atoms with Crippen LogP contribution in [-0.4, -0.2) is 14.6 Å². The minimum absolute atomic E-state index is 0.336. The van der Waals surface area contributed by atoms with E-state index in [-0.39, 0.29) is 23.3 Å². The summed E-state index contributed by atoms with van der Waals surface area (Å²) in [4.78, 5) is 0. The number of hydrogen-bond donors (Lipinski definition) is 2. The zero-order valence-corrected chi connectivity index (χ0v) is 21.9. The first-order valence-corrected chi connectivity index (χ1v) is 13.3. The minimum atomic E-state index is -0.862. The van der Waals surface area contributed by atoms with Gasteiger partial charge in [-0.2, -0.15) is 0 Å². The molecule has 0 aliphatic carbocycles. The van der Waals surface area contributed by atoms with E-state index in [2.05, 4.69) is 0 Å². The lowest BCUT2D eigenvalue weighted by molar-refractivity contribution is 0.621. The van der Waals surface area contributed by atoms with Crippen LogP contribution in [0.15, 0.2) is 97.1 Å². The summed E-state index contributed by atoms with van der Waals surface area (Å²) in [7, 11) is 1.24. The maximum absolute atomic E-state index is 13.6. The van der Waals surface area contributed by atoms with Gasteiger partial charge in [-0.25, -0.2) is 17.6 Å². The number of hydrogen-bond acceptors (Lipinski definition) is 2. The molecule has 0 saturated carbocycles. The molecule has 2 nitrogen and oxygen atoms in total. The zero-order valence-electron chi connectivity index (χ0n) is 21.9. The van der Waals surface area contributed by atoms with Crippen LogP contribution in [0, 0.1) is 23.3 Å². The van der Waals surface area contributed by atoms with Crippen LogP contribution in [0.25, 0.3) is 0 Å². The molecule has 0 aliphatic rings. The highest BCUT2D eigenvalue weighted by atomic mass is 19.1. The van der Waals surface area contributed by atoms with Gasteiger partial charge < -0.3 is 11.5 Å². The molecule has 4 aromatic carbocycles. The van der Waals surface area contributed by atoms with Crippen molar-refractivity contribution in [1.82, 2.24) is 0 Å². The maximum atomic E-state index is 13.6. The molecule has 0 fully saturated rings. The van der Waals surface area contributed by atoms with Crippen molar-refractivity contribution >= 4 is 14.6 Å². The maximum Gasteiger partial charge on any atom is 0.157 e. The van der Waals surface area contributed by atoms with E-state index in [1.807, 2.05) is 0 Å².